The molecule has 2 rings (SSSR count). The van der Waals surface area contributed by atoms with Gasteiger partial charge in [0, 0.05) is 22.9 Å². The van der Waals surface area contributed by atoms with Crippen LogP contribution in [0.3, 0.4) is 0 Å². The Morgan fingerprint density at radius 1 is 1.42 bits per heavy atom. The smallest absolute Gasteiger partial charge is 0.322 e. The van der Waals surface area contributed by atoms with Gasteiger partial charge in [0.05, 0.1) is 5.69 Å². The highest BCUT2D eigenvalue weighted by Crippen LogP contribution is 2.22. The van der Waals surface area contributed by atoms with Gasteiger partial charge in [0.25, 0.3) is 5.91 Å². The van der Waals surface area contributed by atoms with Crippen molar-refractivity contribution in [2.75, 3.05) is 5.32 Å². The summed E-state index contributed by atoms with van der Waals surface area (Å²) in [5, 5.41) is 11.6. The summed E-state index contributed by atoms with van der Waals surface area (Å²) in [6.45, 7) is -1.26. The molecule has 1 aromatic heterocycles. The molecule has 0 unspecified atom stereocenters. The van der Waals surface area contributed by atoms with Crippen LogP contribution in [0.25, 0.3) is 6.08 Å². The number of nitrogens with zero attached hydrogens (tertiary/aromatic N) is 3. The highest BCUT2D eigenvalue weighted by Gasteiger charge is 2.28. The van der Waals surface area contributed by atoms with E-state index >= 15 is 0 Å². The standard InChI is InChI=1S/C15H10BrF3N4O/c16-11-3-1-2-4-12(11)22-14(24)10(8-20)7-13-21-5-6-23(13)9-15(17,18)19/h1-7H,9H2,(H,22,24)/b10-7-. The average Bonchev–Trinajstić information content (AvgIpc) is 2.92. The van der Waals surface area contributed by atoms with E-state index in [1.165, 1.54) is 0 Å². The molecule has 1 amide bonds. The molecule has 0 saturated heterocycles. The molecular formula is C15H10BrF3N4O. The lowest BCUT2D eigenvalue weighted by molar-refractivity contribution is -0.140. The van der Waals surface area contributed by atoms with Crippen molar-refractivity contribution in [3.8, 4) is 6.07 Å². The third kappa shape index (κ3) is 4.70. The number of carbonyl (C=O) groups is 1. The molecule has 0 aliphatic carbocycles. The first-order valence-corrected chi connectivity index (χ1v) is 7.35. The van der Waals surface area contributed by atoms with Crippen LogP contribution in [-0.4, -0.2) is 21.6 Å². The lowest BCUT2D eigenvalue weighted by atomic mass is 10.2. The summed E-state index contributed by atoms with van der Waals surface area (Å²) in [5.41, 5.74) is 0.0719. The summed E-state index contributed by atoms with van der Waals surface area (Å²) in [5.74, 6) is -0.878. The summed E-state index contributed by atoms with van der Waals surface area (Å²) in [7, 11) is 0. The number of anilines is 1. The second-order valence-electron chi connectivity index (χ2n) is 4.63. The molecule has 1 heterocycles. The van der Waals surface area contributed by atoms with Crippen molar-refractivity contribution >= 4 is 33.6 Å². The second kappa shape index (κ2) is 7.31. The molecule has 0 radical (unpaired) electrons. The Hall–Kier alpha value is -2.60. The van der Waals surface area contributed by atoms with E-state index in [-0.39, 0.29) is 11.4 Å². The molecule has 0 aliphatic rings. The topological polar surface area (TPSA) is 70.7 Å². The number of rotatable bonds is 4. The third-order valence-corrected chi connectivity index (χ3v) is 3.55. The van der Waals surface area contributed by atoms with E-state index in [2.05, 4.69) is 26.2 Å². The van der Waals surface area contributed by atoms with Gasteiger partial charge >= 0.3 is 6.18 Å². The molecule has 2 aromatic rings. The van der Waals surface area contributed by atoms with Gasteiger partial charge in [-0.1, -0.05) is 12.1 Å². The van der Waals surface area contributed by atoms with Gasteiger partial charge in [-0.05, 0) is 28.1 Å². The molecule has 9 heteroatoms. The highest BCUT2D eigenvalue weighted by molar-refractivity contribution is 9.10. The summed E-state index contributed by atoms with van der Waals surface area (Å²) in [6.07, 6.45) is -1.14. The molecule has 5 nitrogen and oxygen atoms in total. The zero-order valence-corrected chi connectivity index (χ0v) is 13.6. The molecule has 0 fully saturated rings. The van der Waals surface area contributed by atoms with Crippen LogP contribution in [0.2, 0.25) is 0 Å². The first-order chi connectivity index (χ1) is 11.3. The van der Waals surface area contributed by atoms with Crippen LogP contribution in [-0.2, 0) is 11.3 Å². The van der Waals surface area contributed by atoms with Crippen LogP contribution in [0, 0.1) is 11.3 Å². The Morgan fingerprint density at radius 2 is 2.12 bits per heavy atom. The van der Waals surface area contributed by atoms with Crippen LogP contribution in [0.5, 0.6) is 0 Å². The van der Waals surface area contributed by atoms with E-state index in [0.29, 0.717) is 10.2 Å². The maximum Gasteiger partial charge on any atom is 0.406 e. The van der Waals surface area contributed by atoms with Crippen molar-refractivity contribution in [2.45, 2.75) is 12.7 Å². The maximum atomic E-state index is 12.5. The van der Waals surface area contributed by atoms with Crippen LogP contribution >= 0.6 is 15.9 Å². The molecule has 0 aliphatic heterocycles. The van der Waals surface area contributed by atoms with E-state index in [9.17, 15) is 18.0 Å². The fourth-order valence-corrected chi connectivity index (χ4v) is 2.20. The van der Waals surface area contributed by atoms with Gasteiger partial charge in [-0.15, -0.1) is 0 Å². The number of amides is 1. The summed E-state index contributed by atoms with van der Waals surface area (Å²) in [6, 6.07) is 8.41. The Balaban J connectivity index is 2.24. The van der Waals surface area contributed by atoms with Gasteiger partial charge in [-0.3, -0.25) is 4.79 Å². The Bertz CT molecular complexity index is 821. The zero-order chi connectivity index (χ0) is 17.7. The lowest BCUT2D eigenvalue weighted by Gasteiger charge is -2.09. The van der Waals surface area contributed by atoms with Crippen LogP contribution in [0.1, 0.15) is 5.82 Å². The van der Waals surface area contributed by atoms with E-state index in [0.717, 1.165) is 23.0 Å². The minimum absolute atomic E-state index is 0.133. The number of carbonyl (C=O) groups excluding carboxylic acids is 1. The van der Waals surface area contributed by atoms with Gasteiger partial charge < -0.3 is 9.88 Å². The van der Waals surface area contributed by atoms with Crippen molar-refractivity contribution in [1.82, 2.24) is 9.55 Å². The molecule has 0 spiro atoms. The second-order valence-corrected chi connectivity index (χ2v) is 5.49. The van der Waals surface area contributed by atoms with Crippen molar-refractivity contribution in [3.63, 3.8) is 0 Å². The number of benzene rings is 1. The van der Waals surface area contributed by atoms with E-state index in [4.69, 9.17) is 5.26 Å². The summed E-state index contributed by atoms with van der Waals surface area (Å²) >= 11 is 3.24. The molecule has 24 heavy (non-hydrogen) atoms. The van der Waals surface area contributed by atoms with Crippen LogP contribution < -0.4 is 5.32 Å². The highest BCUT2D eigenvalue weighted by atomic mass is 79.9. The van der Waals surface area contributed by atoms with E-state index < -0.39 is 18.6 Å². The van der Waals surface area contributed by atoms with Crippen LogP contribution in [0.4, 0.5) is 18.9 Å². The average molecular weight is 399 g/mol. The zero-order valence-electron chi connectivity index (χ0n) is 12.0. The number of aromatic nitrogens is 2. The fourth-order valence-electron chi connectivity index (χ4n) is 1.82. The van der Waals surface area contributed by atoms with Gasteiger partial charge in [0.2, 0.25) is 0 Å². The fraction of sp³-hybridized carbons (Fsp3) is 0.133. The SMILES string of the molecule is N#C/C(=C/c1nccn1CC(F)(F)F)C(=O)Nc1ccccc1Br. The summed E-state index contributed by atoms with van der Waals surface area (Å²) in [4.78, 5) is 15.9. The molecule has 0 atom stereocenters. The molecule has 1 aromatic carbocycles. The minimum Gasteiger partial charge on any atom is -0.322 e. The monoisotopic (exact) mass is 398 g/mol. The van der Waals surface area contributed by atoms with Gasteiger partial charge in [-0.25, -0.2) is 4.98 Å². The quantitative estimate of drug-likeness (QED) is 0.629. The Labute approximate surface area is 143 Å². The predicted octanol–water partition coefficient (Wildman–Crippen LogP) is 3.75. The maximum absolute atomic E-state index is 12.5. The normalized spacial score (nSPS) is 11.9. The molecule has 1 N–H and O–H groups in total. The first kappa shape index (κ1) is 17.7. The number of alkyl halides is 3. The molecule has 0 saturated carbocycles. The minimum atomic E-state index is -4.44. The van der Waals surface area contributed by atoms with Crippen LogP contribution in [0.15, 0.2) is 46.7 Å². The predicted molar refractivity (Wildman–Crippen MR) is 84.6 cm³/mol. The number of nitriles is 1. The largest absolute Gasteiger partial charge is 0.406 e. The van der Waals surface area contributed by atoms with Gasteiger partial charge in [-0.2, -0.15) is 18.4 Å². The summed E-state index contributed by atoms with van der Waals surface area (Å²) < 4.78 is 38.9. The Morgan fingerprint density at radius 3 is 2.75 bits per heavy atom. The number of imidazole rings is 1. The molecular weight excluding hydrogens is 389 g/mol. The van der Waals surface area contributed by atoms with Crippen molar-refractivity contribution in [2.24, 2.45) is 0 Å². The van der Waals surface area contributed by atoms with Gasteiger partial charge in [0.1, 0.15) is 24.0 Å². The number of para-hydroxylation sites is 1. The lowest BCUT2D eigenvalue weighted by Crippen LogP contribution is -2.18. The molecule has 124 valence electrons. The van der Waals surface area contributed by atoms with Crippen molar-refractivity contribution in [1.29, 1.82) is 5.26 Å². The van der Waals surface area contributed by atoms with Gasteiger partial charge in [0.15, 0.2) is 0 Å². The van der Waals surface area contributed by atoms with E-state index in [1.54, 1.807) is 30.3 Å². The third-order valence-electron chi connectivity index (χ3n) is 2.86. The number of hydrogen-bond acceptors (Lipinski definition) is 3. The van der Waals surface area contributed by atoms with Crippen molar-refractivity contribution in [3.05, 3.63) is 52.5 Å². The first-order valence-electron chi connectivity index (χ1n) is 6.56. The number of nitrogens with one attached hydrogen (secondary N) is 1. The number of halogens is 4. The Kier molecular flexibility index (Phi) is 5.41. The molecule has 0 bridgehead atoms. The van der Waals surface area contributed by atoms with E-state index in [1.807, 2.05) is 0 Å². The number of hydrogen-bond donors (Lipinski definition) is 1. The van der Waals surface area contributed by atoms with Crippen molar-refractivity contribution < 1.29 is 18.0 Å².